The highest BCUT2D eigenvalue weighted by Crippen LogP contribution is 2.03. The molecule has 0 heterocycles. The molecule has 0 aromatic carbocycles. The zero-order valence-corrected chi connectivity index (χ0v) is 10.5. The Hall–Kier alpha value is -0.180. The van der Waals surface area contributed by atoms with Gasteiger partial charge >= 0.3 is 5.97 Å². The van der Waals surface area contributed by atoms with E-state index in [0.29, 0.717) is 0 Å². The van der Waals surface area contributed by atoms with Crippen LogP contribution in [0.5, 0.6) is 0 Å². The Labute approximate surface area is 93.5 Å². The minimum atomic E-state index is -0.877. The van der Waals surface area contributed by atoms with Crippen molar-refractivity contribution in [2.45, 2.75) is 64.5 Å². The maximum absolute atomic E-state index is 9.62. The first-order valence-corrected chi connectivity index (χ1v) is 5.98. The van der Waals surface area contributed by atoms with Crippen molar-refractivity contribution in [2.75, 3.05) is 0 Å². The second-order valence-electron chi connectivity index (χ2n) is 3.43. The monoisotopic (exact) mass is 220 g/mol. The molecule has 0 aromatic rings. The highest BCUT2D eigenvalue weighted by atomic mass is 32.1. The fraction of sp³-hybridized carbons (Fsp3) is 0.909. The van der Waals surface area contributed by atoms with Gasteiger partial charge in [-0.1, -0.05) is 52.4 Å². The first kappa shape index (κ1) is 16.3. The minimum absolute atomic E-state index is 0.537. The van der Waals surface area contributed by atoms with Gasteiger partial charge in [-0.15, -0.1) is 0 Å². The van der Waals surface area contributed by atoms with E-state index in [2.05, 4.69) is 26.5 Å². The third-order valence-electron chi connectivity index (χ3n) is 1.81. The molecule has 2 nitrogen and oxygen atoms in total. The van der Waals surface area contributed by atoms with E-state index in [0.717, 1.165) is 0 Å². The summed E-state index contributed by atoms with van der Waals surface area (Å²) in [6.45, 7) is 6.02. The predicted molar refractivity (Wildman–Crippen MR) is 65.1 cm³/mol. The summed E-state index contributed by atoms with van der Waals surface area (Å²) in [7, 11) is 0. The number of carboxylic acids is 1. The molecule has 1 N–H and O–H groups in total. The van der Waals surface area contributed by atoms with Gasteiger partial charge in [-0.3, -0.25) is 4.79 Å². The predicted octanol–water partition coefficient (Wildman–Crippen LogP) is 3.76. The summed E-state index contributed by atoms with van der Waals surface area (Å²) in [5.41, 5.74) is 0. The Bertz CT molecular complexity index is 118. The molecule has 3 heteroatoms. The number of hydrogen-bond donors (Lipinski definition) is 2. The van der Waals surface area contributed by atoms with Crippen LogP contribution in [0.4, 0.5) is 0 Å². The molecule has 0 aliphatic rings. The van der Waals surface area contributed by atoms with Gasteiger partial charge in [-0.2, -0.15) is 12.6 Å². The fourth-order valence-corrected chi connectivity index (χ4v) is 0.854. The molecule has 0 bridgehead atoms. The highest BCUT2D eigenvalue weighted by molar-refractivity contribution is 7.81. The van der Waals surface area contributed by atoms with Gasteiger partial charge in [0.2, 0.25) is 0 Å². The van der Waals surface area contributed by atoms with Crippen LogP contribution in [0.3, 0.4) is 0 Å². The highest BCUT2D eigenvalue weighted by Gasteiger charge is 2.00. The van der Waals surface area contributed by atoms with Gasteiger partial charge in [-0.25, -0.2) is 0 Å². The van der Waals surface area contributed by atoms with Crippen LogP contribution in [0.2, 0.25) is 0 Å². The van der Waals surface area contributed by atoms with Gasteiger partial charge in [0, 0.05) is 0 Å². The van der Waals surface area contributed by atoms with Crippen LogP contribution in [0.1, 0.15) is 59.3 Å². The summed E-state index contributed by atoms with van der Waals surface area (Å²) in [6, 6.07) is 0. The van der Waals surface area contributed by atoms with Crippen LogP contribution in [0.25, 0.3) is 0 Å². The normalized spacial score (nSPS) is 11.4. The van der Waals surface area contributed by atoms with Gasteiger partial charge in [-0.05, 0) is 6.92 Å². The van der Waals surface area contributed by atoms with Crippen LogP contribution in [0, 0.1) is 0 Å². The molecule has 0 amide bonds. The summed E-state index contributed by atoms with van der Waals surface area (Å²) < 4.78 is 0. The Morgan fingerprint density at radius 2 is 1.43 bits per heavy atom. The molecule has 0 radical (unpaired) electrons. The van der Waals surface area contributed by atoms with Crippen LogP contribution in [0.15, 0.2) is 0 Å². The van der Waals surface area contributed by atoms with Crippen LogP contribution >= 0.6 is 12.6 Å². The molecule has 0 spiro atoms. The average Bonchev–Trinajstić information content (AvgIpc) is 2.13. The van der Waals surface area contributed by atoms with E-state index in [1.165, 1.54) is 45.4 Å². The minimum Gasteiger partial charge on any atom is -0.480 e. The van der Waals surface area contributed by atoms with E-state index in [-0.39, 0.29) is 0 Å². The zero-order chi connectivity index (χ0) is 11.4. The quantitative estimate of drug-likeness (QED) is 0.528. The Balaban J connectivity index is 0. The third kappa shape index (κ3) is 17.8. The lowest BCUT2D eigenvalue weighted by Gasteiger charge is -1.93. The van der Waals surface area contributed by atoms with Crippen LogP contribution in [-0.2, 0) is 4.79 Å². The fourth-order valence-electron chi connectivity index (χ4n) is 0.854. The molecule has 0 saturated carbocycles. The van der Waals surface area contributed by atoms with Gasteiger partial charge in [0.25, 0.3) is 0 Å². The number of unbranched alkanes of at least 4 members (excludes halogenated alkanes) is 5. The van der Waals surface area contributed by atoms with Crippen molar-refractivity contribution >= 4 is 18.6 Å². The number of rotatable bonds is 6. The van der Waals surface area contributed by atoms with E-state index < -0.39 is 11.2 Å². The Morgan fingerprint density at radius 3 is 1.57 bits per heavy atom. The molecule has 0 rings (SSSR count). The summed E-state index contributed by atoms with van der Waals surface area (Å²) in [5, 5.41) is 7.38. The molecule has 0 saturated heterocycles. The van der Waals surface area contributed by atoms with Crippen molar-refractivity contribution in [3.63, 3.8) is 0 Å². The first-order valence-electron chi connectivity index (χ1n) is 5.47. The third-order valence-corrected chi connectivity index (χ3v) is 2.04. The summed E-state index contributed by atoms with van der Waals surface area (Å²) >= 11 is 3.59. The Kier molecular flexibility index (Phi) is 14.9. The van der Waals surface area contributed by atoms with Crippen LogP contribution < -0.4 is 0 Å². The molecule has 0 fully saturated rings. The lowest BCUT2D eigenvalue weighted by molar-refractivity contribution is -0.136. The molecule has 0 aliphatic heterocycles. The topological polar surface area (TPSA) is 37.3 Å². The summed E-state index contributed by atoms with van der Waals surface area (Å²) in [6.07, 6.45) is 8.49. The summed E-state index contributed by atoms with van der Waals surface area (Å²) in [4.78, 5) is 9.62. The van der Waals surface area contributed by atoms with E-state index in [1.807, 2.05) is 0 Å². The maximum Gasteiger partial charge on any atom is 0.316 e. The van der Waals surface area contributed by atoms with Gasteiger partial charge in [0.1, 0.15) is 0 Å². The zero-order valence-electron chi connectivity index (χ0n) is 9.62. The molecule has 1 unspecified atom stereocenters. The number of carboxylic acid groups (broad SMARTS) is 1. The largest absolute Gasteiger partial charge is 0.480 e. The average molecular weight is 220 g/mol. The van der Waals surface area contributed by atoms with E-state index >= 15 is 0 Å². The van der Waals surface area contributed by atoms with Crippen molar-refractivity contribution in [1.82, 2.24) is 0 Å². The standard InChI is InChI=1S/C8H18.C3H6O2S/c1-3-5-7-8-6-4-2;1-2(6)3(4)5/h3-8H2,1-2H3;2,6H,1H3,(H,4,5). The Morgan fingerprint density at radius 1 is 1.14 bits per heavy atom. The van der Waals surface area contributed by atoms with E-state index in [4.69, 9.17) is 5.11 Å². The molecule has 0 aromatic heterocycles. The number of carbonyl (C=O) groups is 1. The maximum atomic E-state index is 9.62. The van der Waals surface area contributed by atoms with Crippen LogP contribution in [-0.4, -0.2) is 16.3 Å². The summed E-state index contributed by atoms with van der Waals surface area (Å²) in [5.74, 6) is -0.877. The molecule has 1 atom stereocenters. The van der Waals surface area contributed by atoms with E-state index in [1.54, 1.807) is 0 Å². The second-order valence-corrected chi connectivity index (χ2v) is 4.20. The second kappa shape index (κ2) is 12.8. The molecule has 86 valence electrons. The molecule has 14 heavy (non-hydrogen) atoms. The van der Waals surface area contributed by atoms with Gasteiger partial charge in [0.15, 0.2) is 0 Å². The molecular weight excluding hydrogens is 196 g/mol. The van der Waals surface area contributed by atoms with E-state index in [9.17, 15) is 4.79 Å². The smallest absolute Gasteiger partial charge is 0.316 e. The lowest BCUT2D eigenvalue weighted by Crippen LogP contribution is -2.06. The van der Waals surface area contributed by atoms with Crippen molar-refractivity contribution in [1.29, 1.82) is 0 Å². The number of aliphatic carboxylic acids is 1. The molecular formula is C11H24O2S. The molecule has 0 aliphatic carbocycles. The number of thiol groups is 1. The van der Waals surface area contributed by atoms with Gasteiger partial charge in [0.05, 0.1) is 5.25 Å². The SMILES string of the molecule is CC(S)C(=O)O.CCCCCCCC. The lowest BCUT2D eigenvalue weighted by atomic mass is 10.1. The van der Waals surface area contributed by atoms with Crippen molar-refractivity contribution in [3.8, 4) is 0 Å². The van der Waals surface area contributed by atoms with Crippen molar-refractivity contribution in [2.24, 2.45) is 0 Å². The van der Waals surface area contributed by atoms with Crippen molar-refractivity contribution in [3.05, 3.63) is 0 Å². The first-order chi connectivity index (χ1) is 6.56. The van der Waals surface area contributed by atoms with Crippen molar-refractivity contribution < 1.29 is 9.90 Å². The van der Waals surface area contributed by atoms with Gasteiger partial charge < -0.3 is 5.11 Å². The number of hydrogen-bond acceptors (Lipinski definition) is 2.